The number of nitrogens with zero attached hydrogens (tertiary/aromatic N) is 1. The third-order valence-electron chi connectivity index (χ3n) is 2.65. The molecule has 0 aliphatic heterocycles. The molecule has 1 aromatic heterocycles. The summed E-state index contributed by atoms with van der Waals surface area (Å²) in [5.41, 5.74) is 7.11. The maximum atomic E-state index is 12.3. The maximum Gasteiger partial charge on any atom is 0.195 e. The zero-order chi connectivity index (χ0) is 12.8. The van der Waals surface area contributed by atoms with Gasteiger partial charge in [0.1, 0.15) is 11.9 Å². The van der Waals surface area contributed by atoms with Gasteiger partial charge < -0.3 is 10.5 Å². The van der Waals surface area contributed by atoms with Gasteiger partial charge in [0.25, 0.3) is 0 Å². The predicted molar refractivity (Wildman–Crippen MR) is 68.0 cm³/mol. The lowest BCUT2D eigenvalue weighted by Gasteiger charge is -2.17. The second-order valence-electron chi connectivity index (χ2n) is 3.99. The van der Waals surface area contributed by atoms with Crippen LogP contribution in [0.3, 0.4) is 0 Å². The highest BCUT2D eigenvalue weighted by Gasteiger charge is 2.23. The lowest BCUT2D eigenvalue weighted by Crippen LogP contribution is -2.26. The Labute approximate surface area is 102 Å². The highest BCUT2D eigenvalue weighted by molar-refractivity contribution is 6.04. The number of hydrogen-bond donors (Lipinski definition) is 1. The fourth-order valence-corrected chi connectivity index (χ4v) is 1.81. The van der Waals surface area contributed by atoms with Crippen molar-refractivity contribution in [3.63, 3.8) is 0 Å². The van der Waals surface area contributed by atoms with Crippen molar-refractivity contribution in [3.05, 3.63) is 23.4 Å². The van der Waals surface area contributed by atoms with Crippen LogP contribution in [0.25, 0.3) is 0 Å². The number of ketones is 1. The van der Waals surface area contributed by atoms with E-state index in [2.05, 4.69) is 4.98 Å². The Hall–Kier alpha value is -1.42. The SMILES string of the molecule is CCCC(OCC)C(=O)c1c(C)ccnc1N. The first-order chi connectivity index (χ1) is 8.11. The molecule has 1 aromatic rings. The molecule has 0 aliphatic carbocycles. The van der Waals surface area contributed by atoms with Crippen LogP contribution in [0.2, 0.25) is 0 Å². The normalized spacial score (nSPS) is 12.4. The molecule has 17 heavy (non-hydrogen) atoms. The first-order valence-corrected chi connectivity index (χ1v) is 5.98. The Bertz CT molecular complexity index is 365. The van der Waals surface area contributed by atoms with Crippen LogP contribution in [0.15, 0.2) is 12.3 Å². The molecule has 1 heterocycles. The number of anilines is 1. The van der Waals surface area contributed by atoms with Gasteiger partial charge in [-0.05, 0) is 31.9 Å². The second kappa shape index (κ2) is 6.35. The molecule has 0 saturated heterocycles. The number of aromatic nitrogens is 1. The van der Waals surface area contributed by atoms with Crippen molar-refractivity contribution in [2.24, 2.45) is 0 Å². The van der Waals surface area contributed by atoms with E-state index in [1.165, 1.54) is 0 Å². The van der Waals surface area contributed by atoms with Crippen molar-refractivity contribution in [1.29, 1.82) is 0 Å². The molecule has 0 fully saturated rings. The van der Waals surface area contributed by atoms with Crippen LogP contribution in [0.1, 0.15) is 42.6 Å². The van der Waals surface area contributed by atoms with Crippen molar-refractivity contribution in [2.75, 3.05) is 12.3 Å². The Morgan fingerprint density at radius 1 is 1.53 bits per heavy atom. The fourth-order valence-electron chi connectivity index (χ4n) is 1.81. The molecule has 4 heteroatoms. The predicted octanol–water partition coefficient (Wildman–Crippen LogP) is 2.36. The molecule has 4 nitrogen and oxygen atoms in total. The lowest BCUT2D eigenvalue weighted by atomic mass is 9.99. The van der Waals surface area contributed by atoms with E-state index in [0.717, 1.165) is 12.0 Å². The summed E-state index contributed by atoms with van der Waals surface area (Å²) >= 11 is 0. The Kier molecular flexibility index (Phi) is 5.10. The topological polar surface area (TPSA) is 65.2 Å². The van der Waals surface area contributed by atoms with Gasteiger partial charge in [0.15, 0.2) is 5.78 Å². The van der Waals surface area contributed by atoms with Crippen molar-refractivity contribution >= 4 is 11.6 Å². The van der Waals surface area contributed by atoms with Crippen molar-refractivity contribution in [2.45, 2.75) is 39.7 Å². The standard InChI is InChI=1S/C13H20N2O2/c1-4-6-10(17-5-2)12(16)11-9(3)7-8-15-13(11)14/h7-8,10H,4-6H2,1-3H3,(H2,14,15). The second-order valence-corrected chi connectivity index (χ2v) is 3.99. The first-order valence-electron chi connectivity index (χ1n) is 5.98. The molecule has 0 amide bonds. The largest absolute Gasteiger partial charge is 0.383 e. The van der Waals surface area contributed by atoms with E-state index in [1.54, 1.807) is 12.3 Å². The summed E-state index contributed by atoms with van der Waals surface area (Å²) in [6.45, 7) is 6.30. The summed E-state index contributed by atoms with van der Waals surface area (Å²) < 4.78 is 5.48. The van der Waals surface area contributed by atoms with Gasteiger partial charge in [0.05, 0.1) is 5.56 Å². The van der Waals surface area contributed by atoms with E-state index in [-0.39, 0.29) is 11.6 Å². The smallest absolute Gasteiger partial charge is 0.195 e. The van der Waals surface area contributed by atoms with Gasteiger partial charge in [-0.3, -0.25) is 4.79 Å². The molecule has 2 N–H and O–H groups in total. The van der Waals surface area contributed by atoms with Gasteiger partial charge in [-0.2, -0.15) is 0 Å². The van der Waals surface area contributed by atoms with Crippen LogP contribution in [-0.2, 0) is 4.74 Å². The van der Waals surface area contributed by atoms with Crippen LogP contribution in [0.5, 0.6) is 0 Å². The first kappa shape index (κ1) is 13.6. The molecule has 1 rings (SSSR count). The zero-order valence-corrected chi connectivity index (χ0v) is 10.7. The van der Waals surface area contributed by atoms with Crippen LogP contribution < -0.4 is 5.73 Å². The van der Waals surface area contributed by atoms with Crippen LogP contribution in [0.4, 0.5) is 5.82 Å². The van der Waals surface area contributed by atoms with Gasteiger partial charge in [-0.15, -0.1) is 0 Å². The number of ether oxygens (including phenoxy) is 1. The van der Waals surface area contributed by atoms with Gasteiger partial charge in [-0.1, -0.05) is 13.3 Å². The molecule has 0 aromatic carbocycles. The number of nitrogens with two attached hydrogens (primary N) is 1. The number of nitrogen functional groups attached to an aromatic ring is 1. The summed E-state index contributed by atoms with van der Waals surface area (Å²) in [4.78, 5) is 16.3. The highest BCUT2D eigenvalue weighted by Crippen LogP contribution is 2.19. The molecule has 0 radical (unpaired) electrons. The van der Waals surface area contributed by atoms with Gasteiger partial charge >= 0.3 is 0 Å². The molecular weight excluding hydrogens is 216 g/mol. The average molecular weight is 236 g/mol. The average Bonchev–Trinajstić information content (AvgIpc) is 2.28. The molecule has 0 spiro atoms. The van der Waals surface area contributed by atoms with Crippen LogP contribution in [0, 0.1) is 6.92 Å². The van der Waals surface area contributed by atoms with Crippen molar-refractivity contribution in [1.82, 2.24) is 4.98 Å². The fraction of sp³-hybridized carbons (Fsp3) is 0.538. The van der Waals surface area contributed by atoms with Crippen LogP contribution >= 0.6 is 0 Å². The monoisotopic (exact) mass is 236 g/mol. The minimum atomic E-state index is -0.407. The molecule has 94 valence electrons. The number of hydrogen-bond acceptors (Lipinski definition) is 4. The molecule has 0 aliphatic rings. The number of aryl methyl sites for hydroxylation is 1. The van der Waals surface area contributed by atoms with E-state index in [1.807, 2.05) is 20.8 Å². The third-order valence-corrected chi connectivity index (χ3v) is 2.65. The molecular formula is C13H20N2O2. The summed E-state index contributed by atoms with van der Waals surface area (Å²) in [7, 11) is 0. The minimum absolute atomic E-state index is 0.0585. The zero-order valence-electron chi connectivity index (χ0n) is 10.7. The van der Waals surface area contributed by atoms with E-state index >= 15 is 0 Å². The van der Waals surface area contributed by atoms with Gasteiger partial charge in [0.2, 0.25) is 0 Å². The van der Waals surface area contributed by atoms with Crippen LogP contribution in [-0.4, -0.2) is 23.5 Å². The summed E-state index contributed by atoms with van der Waals surface area (Å²) in [5, 5.41) is 0. The van der Waals surface area contributed by atoms with E-state index in [0.29, 0.717) is 18.6 Å². The quantitative estimate of drug-likeness (QED) is 0.770. The lowest BCUT2D eigenvalue weighted by molar-refractivity contribution is 0.0423. The van der Waals surface area contributed by atoms with Gasteiger partial charge in [-0.25, -0.2) is 4.98 Å². The summed E-state index contributed by atoms with van der Waals surface area (Å²) in [6.07, 6.45) is 2.81. The van der Waals surface area contributed by atoms with E-state index in [9.17, 15) is 4.79 Å². The Morgan fingerprint density at radius 3 is 2.76 bits per heavy atom. The molecule has 0 bridgehead atoms. The number of carbonyl (C=O) groups excluding carboxylic acids is 1. The Balaban J connectivity index is 3.00. The summed E-state index contributed by atoms with van der Waals surface area (Å²) in [5.74, 6) is 0.229. The summed E-state index contributed by atoms with van der Waals surface area (Å²) in [6, 6.07) is 1.79. The Morgan fingerprint density at radius 2 is 2.24 bits per heavy atom. The van der Waals surface area contributed by atoms with Crippen molar-refractivity contribution in [3.8, 4) is 0 Å². The third kappa shape index (κ3) is 3.27. The minimum Gasteiger partial charge on any atom is -0.383 e. The van der Waals surface area contributed by atoms with E-state index < -0.39 is 6.10 Å². The highest BCUT2D eigenvalue weighted by atomic mass is 16.5. The number of Topliss-reactive ketones (excluding diaryl/α,β-unsaturated/α-hetero) is 1. The van der Waals surface area contributed by atoms with Gasteiger partial charge in [0, 0.05) is 12.8 Å². The molecule has 1 atom stereocenters. The van der Waals surface area contributed by atoms with E-state index in [4.69, 9.17) is 10.5 Å². The number of pyridine rings is 1. The molecule has 0 saturated carbocycles. The maximum absolute atomic E-state index is 12.3. The van der Waals surface area contributed by atoms with Crippen molar-refractivity contribution < 1.29 is 9.53 Å². The number of carbonyl (C=O) groups is 1. The molecule has 1 unspecified atom stereocenters. The number of rotatable bonds is 6.